The molecule has 1 aliphatic rings. The van der Waals surface area contributed by atoms with Crippen molar-refractivity contribution < 1.29 is 4.79 Å². The largest absolute Gasteiger partial charge is 0.353 e. The zero-order valence-electron chi connectivity index (χ0n) is 14.3. The monoisotopic (exact) mass is 315 g/mol. The van der Waals surface area contributed by atoms with Gasteiger partial charge in [0.1, 0.15) is 5.52 Å². The summed E-state index contributed by atoms with van der Waals surface area (Å²) in [5, 5.41) is 3.17. The third-order valence-corrected chi connectivity index (χ3v) is 4.40. The first-order valence-corrected chi connectivity index (χ1v) is 8.19. The first-order valence-electron chi connectivity index (χ1n) is 8.19. The molecule has 0 unspecified atom stereocenters. The van der Waals surface area contributed by atoms with Gasteiger partial charge in [0.25, 0.3) is 0 Å². The third kappa shape index (κ3) is 3.16. The molecule has 124 valence electrons. The maximum atomic E-state index is 12.1. The first kappa shape index (κ1) is 15.8. The van der Waals surface area contributed by atoms with Crippen LogP contribution in [-0.4, -0.2) is 39.6 Å². The minimum Gasteiger partial charge on any atom is -0.353 e. The summed E-state index contributed by atoms with van der Waals surface area (Å²) in [5.74, 6) is 1.09. The Bertz CT molecular complexity index is 707. The molecule has 2 aromatic rings. The van der Waals surface area contributed by atoms with Gasteiger partial charge in [0.05, 0.1) is 0 Å². The van der Waals surface area contributed by atoms with Gasteiger partial charge in [-0.25, -0.2) is 9.97 Å². The van der Waals surface area contributed by atoms with Crippen LogP contribution in [0.25, 0.3) is 11.2 Å². The highest BCUT2D eigenvalue weighted by molar-refractivity contribution is 5.81. The van der Waals surface area contributed by atoms with Crippen molar-refractivity contribution in [2.45, 2.75) is 39.7 Å². The van der Waals surface area contributed by atoms with E-state index in [4.69, 9.17) is 4.98 Å². The Morgan fingerprint density at radius 1 is 1.30 bits per heavy atom. The van der Waals surface area contributed by atoms with Crippen LogP contribution in [-0.2, 0) is 11.8 Å². The van der Waals surface area contributed by atoms with Crippen LogP contribution in [0.3, 0.4) is 0 Å². The van der Waals surface area contributed by atoms with Gasteiger partial charge in [-0.2, -0.15) is 0 Å². The number of imidazole rings is 1. The van der Waals surface area contributed by atoms with E-state index in [9.17, 15) is 4.79 Å². The summed E-state index contributed by atoms with van der Waals surface area (Å²) < 4.78 is 2.05. The van der Waals surface area contributed by atoms with Crippen LogP contribution in [0.2, 0.25) is 0 Å². The summed E-state index contributed by atoms with van der Waals surface area (Å²) >= 11 is 0. The highest BCUT2D eigenvalue weighted by Gasteiger charge is 2.27. The van der Waals surface area contributed by atoms with Crippen LogP contribution in [0.1, 0.15) is 33.6 Å². The fraction of sp³-hybridized carbons (Fsp3) is 0.588. The van der Waals surface area contributed by atoms with Gasteiger partial charge in [-0.1, -0.05) is 20.8 Å². The van der Waals surface area contributed by atoms with E-state index < -0.39 is 0 Å². The number of hydrogen-bond acceptors (Lipinski definition) is 4. The van der Waals surface area contributed by atoms with Crippen LogP contribution < -0.4 is 10.2 Å². The standard InChI is InChI=1S/C17H25N5O/c1-17(2,3)15(23)19-12-7-10-22(11-8-12)16-20-13-6-5-9-18-14(13)21(16)4/h5-6,9,12H,7-8,10-11H2,1-4H3,(H,19,23). The molecule has 1 fully saturated rings. The lowest BCUT2D eigenvalue weighted by Gasteiger charge is -2.34. The van der Waals surface area contributed by atoms with E-state index in [2.05, 4.69) is 15.2 Å². The lowest BCUT2D eigenvalue weighted by atomic mass is 9.94. The van der Waals surface area contributed by atoms with Crippen molar-refractivity contribution >= 4 is 23.0 Å². The van der Waals surface area contributed by atoms with Gasteiger partial charge in [0.15, 0.2) is 5.65 Å². The third-order valence-electron chi connectivity index (χ3n) is 4.40. The summed E-state index contributed by atoms with van der Waals surface area (Å²) in [5.41, 5.74) is 1.50. The van der Waals surface area contributed by atoms with E-state index in [1.54, 1.807) is 6.20 Å². The molecular weight excluding hydrogens is 290 g/mol. The van der Waals surface area contributed by atoms with E-state index in [1.165, 1.54) is 0 Å². The molecule has 0 aromatic carbocycles. The summed E-state index contributed by atoms with van der Waals surface area (Å²) in [6.45, 7) is 7.64. The molecule has 23 heavy (non-hydrogen) atoms. The number of aromatic nitrogens is 3. The fourth-order valence-electron chi connectivity index (χ4n) is 2.92. The highest BCUT2D eigenvalue weighted by Crippen LogP contribution is 2.23. The molecule has 0 saturated carbocycles. The molecule has 1 saturated heterocycles. The summed E-state index contributed by atoms with van der Waals surface area (Å²) in [6, 6.07) is 4.15. The zero-order chi connectivity index (χ0) is 16.6. The van der Waals surface area contributed by atoms with Crippen LogP contribution in [0.5, 0.6) is 0 Å². The average molecular weight is 315 g/mol. The number of nitrogens with one attached hydrogen (secondary N) is 1. The van der Waals surface area contributed by atoms with Crippen molar-refractivity contribution in [3.05, 3.63) is 18.3 Å². The van der Waals surface area contributed by atoms with Crippen molar-refractivity contribution in [1.29, 1.82) is 0 Å². The van der Waals surface area contributed by atoms with Gasteiger partial charge in [0.2, 0.25) is 11.9 Å². The number of amides is 1. The van der Waals surface area contributed by atoms with E-state index in [1.807, 2.05) is 44.5 Å². The lowest BCUT2D eigenvalue weighted by Crippen LogP contribution is -2.48. The second kappa shape index (κ2) is 5.83. The first-order chi connectivity index (χ1) is 10.9. The van der Waals surface area contributed by atoms with Crippen molar-refractivity contribution in [3.8, 4) is 0 Å². The maximum absolute atomic E-state index is 12.1. The number of carbonyl (C=O) groups is 1. The maximum Gasteiger partial charge on any atom is 0.225 e. The Kier molecular flexibility index (Phi) is 4.00. The van der Waals surface area contributed by atoms with Gasteiger partial charge in [-0.05, 0) is 25.0 Å². The Morgan fingerprint density at radius 2 is 2.00 bits per heavy atom. The molecule has 1 amide bonds. The molecule has 0 bridgehead atoms. The van der Waals surface area contributed by atoms with E-state index in [0.29, 0.717) is 0 Å². The minimum atomic E-state index is -0.333. The molecule has 3 rings (SSSR count). The molecule has 0 atom stereocenters. The molecule has 0 radical (unpaired) electrons. The van der Waals surface area contributed by atoms with E-state index >= 15 is 0 Å². The quantitative estimate of drug-likeness (QED) is 0.922. The molecule has 1 aliphatic heterocycles. The number of carbonyl (C=O) groups excluding carboxylic acids is 1. The number of piperidine rings is 1. The second-order valence-corrected chi connectivity index (χ2v) is 7.30. The number of anilines is 1. The zero-order valence-corrected chi connectivity index (χ0v) is 14.3. The van der Waals surface area contributed by atoms with E-state index in [0.717, 1.165) is 43.0 Å². The number of aryl methyl sites for hydroxylation is 1. The molecule has 6 nitrogen and oxygen atoms in total. The number of rotatable bonds is 2. The van der Waals surface area contributed by atoms with E-state index in [-0.39, 0.29) is 17.4 Å². The van der Waals surface area contributed by atoms with Crippen LogP contribution in [0.4, 0.5) is 5.95 Å². The van der Waals surface area contributed by atoms with Crippen molar-refractivity contribution in [2.24, 2.45) is 12.5 Å². The van der Waals surface area contributed by atoms with Gasteiger partial charge in [0, 0.05) is 37.8 Å². The highest BCUT2D eigenvalue weighted by atomic mass is 16.2. The SMILES string of the molecule is Cn1c(N2CCC(NC(=O)C(C)(C)C)CC2)nc2cccnc21. The predicted octanol–water partition coefficient (Wildman–Crippen LogP) is 2.10. The second-order valence-electron chi connectivity index (χ2n) is 7.30. The summed E-state index contributed by atoms with van der Waals surface area (Å²) in [7, 11) is 2.01. The Balaban J connectivity index is 1.67. The Hall–Kier alpha value is -2.11. The van der Waals surface area contributed by atoms with Crippen LogP contribution in [0.15, 0.2) is 18.3 Å². The number of hydrogen-bond donors (Lipinski definition) is 1. The molecule has 0 aliphatic carbocycles. The summed E-state index contributed by atoms with van der Waals surface area (Å²) in [4.78, 5) is 23.5. The van der Waals surface area contributed by atoms with Gasteiger partial charge in [-0.15, -0.1) is 0 Å². The smallest absolute Gasteiger partial charge is 0.225 e. The Morgan fingerprint density at radius 3 is 2.61 bits per heavy atom. The fourth-order valence-corrected chi connectivity index (χ4v) is 2.92. The van der Waals surface area contributed by atoms with Gasteiger partial charge < -0.3 is 10.2 Å². The van der Waals surface area contributed by atoms with Gasteiger partial charge >= 0.3 is 0 Å². The Labute approximate surface area is 136 Å². The van der Waals surface area contributed by atoms with Crippen molar-refractivity contribution in [2.75, 3.05) is 18.0 Å². The molecule has 0 spiro atoms. The number of pyridine rings is 1. The van der Waals surface area contributed by atoms with Crippen LogP contribution in [0, 0.1) is 5.41 Å². The van der Waals surface area contributed by atoms with Gasteiger partial charge in [-0.3, -0.25) is 9.36 Å². The molecule has 6 heteroatoms. The van der Waals surface area contributed by atoms with Crippen molar-refractivity contribution in [1.82, 2.24) is 19.9 Å². The minimum absolute atomic E-state index is 0.128. The lowest BCUT2D eigenvalue weighted by molar-refractivity contribution is -0.129. The van der Waals surface area contributed by atoms with Crippen LogP contribution >= 0.6 is 0 Å². The molecule has 1 N–H and O–H groups in total. The predicted molar refractivity (Wildman–Crippen MR) is 91.3 cm³/mol. The number of nitrogens with zero attached hydrogens (tertiary/aromatic N) is 4. The summed E-state index contributed by atoms with van der Waals surface area (Å²) in [6.07, 6.45) is 3.68. The molecular formula is C17H25N5O. The molecule has 2 aromatic heterocycles. The average Bonchev–Trinajstić information content (AvgIpc) is 2.85. The van der Waals surface area contributed by atoms with Crippen molar-refractivity contribution in [3.63, 3.8) is 0 Å². The molecule has 3 heterocycles. The number of fused-ring (bicyclic) bond motifs is 1. The normalized spacial score (nSPS) is 16.8. The topological polar surface area (TPSA) is 63.0 Å².